The van der Waals surface area contributed by atoms with Crippen LogP contribution < -0.4 is 0 Å². The maximum atomic E-state index is 12.6. The summed E-state index contributed by atoms with van der Waals surface area (Å²) in [7, 11) is 0. The van der Waals surface area contributed by atoms with E-state index in [0.29, 0.717) is 12.8 Å². The SMILES string of the molecule is Cc1ccc(C(O)C2CCC(C(F)(F)F)CC2)cc1C. The summed E-state index contributed by atoms with van der Waals surface area (Å²) in [5.74, 6) is -1.25. The molecule has 1 N–H and O–H groups in total. The average Bonchev–Trinajstić information content (AvgIpc) is 2.40. The molecule has 0 aromatic heterocycles. The Labute approximate surface area is 117 Å². The van der Waals surface area contributed by atoms with Crippen LogP contribution in [0, 0.1) is 25.7 Å². The van der Waals surface area contributed by atoms with Gasteiger partial charge in [0.2, 0.25) is 0 Å². The Kier molecular flexibility index (Phi) is 4.43. The molecule has 1 aliphatic rings. The topological polar surface area (TPSA) is 20.2 Å². The van der Waals surface area contributed by atoms with Crippen molar-refractivity contribution in [1.82, 2.24) is 0 Å². The van der Waals surface area contributed by atoms with Crippen molar-refractivity contribution < 1.29 is 18.3 Å². The van der Waals surface area contributed by atoms with Gasteiger partial charge in [0.15, 0.2) is 0 Å². The lowest BCUT2D eigenvalue weighted by molar-refractivity contribution is -0.185. The average molecular weight is 286 g/mol. The zero-order chi connectivity index (χ0) is 14.9. The minimum atomic E-state index is -4.09. The molecule has 1 aliphatic carbocycles. The first kappa shape index (κ1) is 15.4. The van der Waals surface area contributed by atoms with Gasteiger partial charge in [0.1, 0.15) is 0 Å². The second-order valence-electron chi connectivity index (χ2n) is 5.94. The fourth-order valence-electron chi connectivity index (χ4n) is 2.98. The van der Waals surface area contributed by atoms with E-state index in [2.05, 4.69) is 0 Å². The predicted octanol–water partition coefficient (Wildman–Crippen LogP) is 4.71. The molecule has 2 rings (SSSR count). The first-order valence-corrected chi connectivity index (χ1v) is 7.11. The third-order valence-electron chi connectivity index (χ3n) is 4.55. The molecule has 1 saturated carbocycles. The van der Waals surface area contributed by atoms with Gasteiger partial charge >= 0.3 is 6.18 Å². The van der Waals surface area contributed by atoms with Crippen molar-refractivity contribution in [3.05, 3.63) is 34.9 Å². The number of halogens is 3. The van der Waals surface area contributed by atoms with Crippen molar-refractivity contribution >= 4 is 0 Å². The fraction of sp³-hybridized carbons (Fsp3) is 0.625. The molecule has 1 aromatic rings. The van der Waals surface area contributed by atoms with Crippen LogP contribution in [0.2, 0.25) is 0 Å². The van der Waals surface area contributed by atoms with Crippen LogP contribution in [0.3, 0.4) is 0 Å². The number of rotatable bonds is 2. The van der Waals surface area contributed by atoms with E-state index in [1.54, 1.807) is 0 Å². The summed E-state index contributed by atoms with van der Waals surface area (Å²) in [5.41, 5.74) is 3.08. The monoisotopic (exact) mass is 286 g/mol. The van der Waals surface area contributed by atoms with Crippen LogP contribution in [0.15, 0.2) is 18.2 Å². The number of aliphatic hydroxyl groups is 1. The number of alkyl halides is 3. The Bertz CT molecular complexity index is 459. The molecular formula is C16H21F3O. The molecule has 1 aromatic carbocycles. The van der Waals surface area contributed by atoms with Crippen molar-refractivity contribution in [3.63, 3.8) is 0 Å². The minimum Gasteiger partial charge on any atom is -0.388 e. The molecule has 0 heterocycles. The number of aryl methyl sites for hydroxylation is 2. The van der Waals surface area contributed by atoms with Crippen LogP contribution in [0.4, 0.5) is 13.2 Å². The number of aliphatic hydroxyl groups excluding tert-OH is 1. The summed E-state index contributed by atoms with van der Waals surface area (Å²) in [4.78, 5) is 0. The first-order valence-electron chi connectivity index (χ1n) is 7.11. The Morgan fingerprint density at radius 2 is 1.65 bits per heavy atom. The highest BCUT2D eigenvalue weighted by molar-refractivity contribution is 5.31. The summed E-state index contributed by atoms with van der Waals surface area (Å²) < 4.78 is 37.9. The lowest BCUT2D eigenvalue weighted by Crippen LogP contribution is -2.29. The van der Waals surface area contributed by atoms with Crippen LogP contribution in [0.1, 0.15) is 48.5 Å². The van der Waals surface area contributed by atoms with Gasteiger partial charge in [-0.25, -0.2) is 0 Å². The molecule has 1 unspecified atom stereocenters. The summed E-state index contributed by atoms with van der Waals surface area (Å²) >= 11 is 0. The highest BCUT2D eigenvalue weighted by Crippen LogP contribution is 2.43. The minimum absolute atomic E-state index is 0.0595. The van der Waals surface area contributed by atoms with E-state index in [-0.39, 0.29) is 18.8 Å². The van der Waals surface area contributed by atoms with Crippen LogP contribution in [0.5, 0.6) is 0 Å². The summed E-state index contributed by atoms with van der Waals surface area (Å²) in [5, 5.41) is 10.4. The highest BCUT2D eigenvalue weighted by Gasteiger charge is 2.42. The van der Waals surface area contributed by atoms with Crippen LogP contribution in [-0.4, -0.2) is 11.3 Å². The van der Waals surface area contributed by atoms with Gasteiger partial charge < -0.3 is 5.11 Å². The zero-order valence-corrected chi connectivity index (χ0v) is 11.9. The summed E-state index contributed by atoms with van der Waals surface area (Å²) in [6, 6.07) is 5.77. The van der Waals surface area contributed by atoms with Gasteiger partial charge in [0, 0.05) is 0 Å². The fourth-order valence-corrected chi connectivity index (χ4v) is 2.98. The number of benzene rings is 1. The molecule has 0 amide bonds. The molecule has 1 fully saturated rings. The van der Waals surface area contributed by atoms with Gasteiger partial charge in [-0.3, -0.25) is 0 Å². The quantitative estimate of drug-likeness (QED) is 0.835. The molecule has 1 atom stereocenters. The Balaban J connectivity index is 2.01. The van der Waals surface area contributed by atoms with Gasteiger partial charge in [-0.05, 0) is 62.1 Å². The maximum absolute atomic E-state index is 12.6. The van der Waals surface area contributed by atoms with E-state index in [1.165, 1.54) is 0 Å². The van der Waals surface area contributed by atoms with Crippen LogP contribution in [0.25, 0.3) is 0 Å². The Morgan fingerprint density at radius 1 is 1.05 bits per heavy atom. The largest absolute Gasteiger partial charge is 0.391 e. The van der Waals surface area contributed by atoms with Crippen molar-refractivity contribution in [2.45, 2.75) is 51.8 Å². The molecule has 0 spiro atoms. The molecular weight excluding hydrogens is 265 g/mol. The molecule has 0 bridgehead atoms. The van der Waals surface area contributed by atoms with Crippen LogP contribution in [-0.2, 0) is 0 Å². The van der Waals surface area contributed by atoms with Crippen LogP contribution >= 0.6 is 0 Å². The molecule has 1 nitrogen and oxygen atoms in total. The standard InChI is InChI=1S/C16H21F3O/c1-10-3-4-13(9-11(10)2)15(20)12-5-7-14(8-6-12)16(17,18)19/h3-4,9,12,14-15,20H,5-8H2,1-2H3. The molecule has 0 saturated heterocycles. The van der Waals surface area contributed by atoms with Crippen molar-refractivity contribution in [1.29, 1.82) is 0 Å². The predicted molar refractivity (Wildman–Crippen MR) is 72.4 cm³/mol. The number of hydrogen-bond acceptors (Lipinski definition) is 1. The van der Waals surface area contributed by atoms with Crippen molar-refractivity contribution in [3.8, 4) is 0 Å². The smallest absolute Gasteiger partial charge is 0.388 e. The third-order valence-corrected chi connectivity index (χ3v) is 4.55. The van der Waals surface area contributed by atoms with E-state index < -0.39 is 18.2 Å². The summed E-state index contributed by atoms with van der Waals surface area (Å²) in [6.45, 7) is 3.98. The number of hydrogen-bond donors (Lipinski definition) is 1. The molecule has 0 aliphatic heterocycles. The molecule has 112 valence electrons. The molecule has 20 heavy (non-hydrogen) atoms. The zero-order valence-electron chi connectivity index (χ0n) is 11.9. The van der Waals surface area contributed by atoms with Gasteiger partial charge in [0.05, 0.1) is 12.0 Å². The van der Waals surface area contributed by atoms with Gasteiger partial charge in [-0.2, -0.15) is 13.2 Å². The van der Waals surface area contributed by atoms with E-state index in [1.807, 2.05) is 32.0 Å². The van der Waals surface area contributed by atoms with Gasteiger partial charge in [-0.1, -0.05) is 18.2 Å². The second-order valence-corrected chi connectivity index (χ2v) is 5.94. The Morgan fingerprint density at radius 3 is 2.15 bits per heavy atom. The maximum Gasteiger partial charge on any atom is 0.391 e. The van der Waals surface area contributed by atoms with E-state index in [9.17, 15) is 18.3 Å². The Hall–Kier alpha value is -1.03. The second kappa shape index (κ2) is 5.76. The first-order chi connectivity index (χ1) is 9.29. The summed E-state index contributed by atoms with van der Waals surface area (Å²) in [6.07, 6.45) is -3.58. The molecule has 0 radical (unpaired) electrons. The normalized spacial score (nSPS) is 25.5. The lowest BCUT2D eigenvalue weighted by Gasteiger charge is -2.32. The molecule has 4 heteroatoms. The van der Waals surface area contributed by atoms with Crippen molar-refractivity contribution in [2.75, 3.05) is 0 Å². The van der Waals surface area contributed by atoms with E-state index in [0.717, 1.165) is 16.7 Å². The van der Waals surface area contributed by atoms with E-state index >= 15 is 0 Å². The van der Waals surface area contributed by atoms with Gasteiger partial charge in [-0.15, -0.1) is 0 Å². The van der Waals surface area contributed by atoms with E-state index in [4.69, 9.17) is 0 Å². The highest BCUT2D eigenvalue weighted by atomic mass is 19.4. The van der Waals surface area contributed by atoms with Gasteiger partial charge in [0.25, 0.3) is 0 Å². The third kappa shape index (κ3) is 3.35. The van der Waals surface area contributed by atoms with Crippen molar-refractivity contribution in [2.24, 2.45) is 11.8 Å². The lowest BCUT2D eigenvalue weighted by atomic mass is 9.77.